The fraction of sp³-hybridized carbons (Fsp3) is 0.824. The number of aromatic nitrogens is 2. The zero-order valence-corrected chi connectivity index (χ0v) is 15.3. The molecule has 130 valence electrons. The van der Waals surface area contributed by atoms with Crippen molar-refractivity contribution in [2.24, 2.45) is 5.41 Å². The number of sulfone groups is 1. The molecule has 3 rings (SSSR count). The number of hydrogen-bond acceptors (Lipinski definition) is 4. The molecular formula is C17H29N3O2S. The number of rotatable bonds is 4. The maximum atomic E-state index is 11.6. The number of likely N-dealkylation sites (tertiary alicyclic amines) is 1. The summed E-state index contributed by atoms with van der Waals surface area (Å²) in [4.78, 5) is 2.57. The lowest BCUT2D eigenvalue weighted by molar-refractivity contribution is 0.185. The Balaban J connectivity index is 1.63. The van der Waals surface area contributed by atoms with Gasteiger partial charge in [-0.15, -0.1) is 0 Å². The molecule has 0 aromatic carbocycles. The van der Waals surface area contributed by atoms with Crippen LogP contribution in [0.4, 0.5) is 0 Å². The van der Waals surface area contributed by atoms with Gasteiger partial charge in [0.2, 0.25) is 0 Å². The molecule has 0 saturated carbocycles. The molecule has 2 aliphatic rings. The van der Waals surface area contributed by atoms with E-state index in [-0.39, 0.29) is 11.8 Å². The summed E-state index contributed by atoms with van der Waals surface area (Å²) < 4.78 is 25.1. The molecule has 0 N–H and O–H groups in total. The van der Waals surface area contributed by atoms with Gasteiger partial charge in [0.1, 0.15) is 0 Å². The summed E-state index contributed by atoms with van der Waals surface area (Å²) in [7, 11) is -2.86. The van der Waals surface area contributed by atoms with Crippen LogP contribution in [-0.4, -0.2) is 47.2 Å². The summed E-state index contributed by atoms with van der Waals surface area (Å²) in [6.45, 7) is 9.01. The minimum Gasteiger partial charge on any atom is -0.296 e. The topological polar surface area (TPSA) is 55.2 Å². The van der Waals surface area contributed by atoms with Crippen molar-refractivity contribution in [3.05, 3.63) is 18.0 Å². The van der Waals surface area contributed by atoms with Gasteiger partial charge in [0.25, 0.3) is 0 Å². The molecule has 2 atom stereocenters. The van der Waals surface area contributed by atoms with Crippen molar-refractivity contribution in [1.29, 1.82) is 0 Å². The Labute approximate surface area is 140 Å². The van der Waals surface area contributed by atoms with Crippen LogP contribution >= 0.6 is 0 Å². The first-order valence-electron chi connectivity index (χ1n) is 8.69. The Kier molecular flexibility index (Phi) is 4.58. The van der Waals surface area contributed by atoms with Gasteiger partial charge >= 0.3 is 0 Å². The largest absolute Gasteiger partial charge is 0.296 e. The van der Waals surface area contributed by atoms with Crippen LogP contribution in [0, 0.1) is 5.41 Å². The van der Waals surface area contributed by atoms with Crippen molar-refractivity contribution < 1.29 is 8.42 Å². The average molecular weight is 340 g/mol. The van der Waals surface area contributed by atoms with Gasteiger partial charge in [-0.1, -0.05) is 20.8 Å². The highest BCUT2D eigenvalue weighted by Gasteiger charge is 2.31. The second-order valence-electron chi connectivity index (χ2n) is 8.42. The molecule has 2 aliphatic heterocycles. The van der Waals surface area contributed by atoms with E-state index in [1.54, 1.807) is 0 Å². The highest BCUT2D eigenvalue weighted by Crippen LogP contribution is 2.31. The predicted octanol–water partition coefficient (Wildman–Crippen LogP) is 2.64. The third-order valence-electron chi connectivity index (χ3n) is 4.97. The first kappa shape index (κ1) is 17.0. The van der Waals surface area contributed by atoms with E-state index in [4.69, 9.17) is 0 Å². The third kappa shape index (κ3) is 4.35. The molecule has 5 nitrogen and oxygen atoms in total. The Morgan fingerprint density at radius 3 is 2.74 bits per heavy atom. The quantitative estimate of drug-likeness (QED) is 0.846. The van der Waals surface area contributed by atoms with Gasteiger partial charge in [0, 0.05) is 24.3 Å². The zero-order valence-electron chi connectivity index (χ0n) is 14.5. The van der Waals surface area contributed by atoms with Crippen LogP contribution in [0.15, 0.2) is 12.4 Å². The van der Waals surface area contributed by atoms with Crippen LogP contribution in [0.3, 0.4) is 0 Å². The highest BCUT2D eigenvalue weighted by atomic mass is 32.2. The lowest BCUT2D eigenvalue weighted by atomic mass is 9.87. The minimum atomic E-state index is -2.86. The third-order valence-corrected chi connectivity index (χ3v) is 6.72. The van der Waals surface area contributed by atoms with Crippen molar-refractivity contribution in [2.75, 3.05) is 18.1 Å². The molecule has 0 amide bonds. The van der Waals surface area contributed by atoms with Gasteiger partial charge in [-0.2, -0.15) is 5.10 Å². The van der Waals surface area contributed by atoms with Crippen molar-refractivity contribution in [2.45, 2.75) is 65.1 Å². The Bertz CT molecular complexity index is 645. The second-order valence-corrected chi connectivity index (χ2v) is 10.6. The highest BCUT2D eigenvalue weighted by molar-refractivity contribution is 7.91. The van der Waals surface area contributed by atoms with Gasteiger partial charge in [-0.3, -0.25) is 9.58 Å². The fourth-order valence-electron chi connectivity index (χ4n) is 3.92. The normalized spacial score (nSPS) is 28.5. The molecule has 0 unspecified atom stereocenters. The molecule has 0 radical (unpaired) electrons. The van der Waals surface area contributed by atoms with Crippen LogP contribution in [0.5, 0.6) is 0 Å². The van der Waals surface area contributed by atoms with Crippen molar-refractivity contribution in [1.82, 2.24) is 14.7 Å². The van der Waals surface area contributed by atoms with Gasteiger partial charge in [0.05, 0.1) is 23.7 Å². The van der Waals surface area contributed by atoms with Gasteiger partial charge in [0.15, 0.2) is 9.84 Å². The molecule has 0 aliphatic carbocycles. The molecule has 2 fully saturated rings. The van der Waals surface area contributed by atoms with Gasteiger partial charge < -0.3 is 0 Å². The first-order chi connectivity index (χ1) is 10.7. The lowest BCUT2D eigenvalue weighted by Gasteiger charge is -2.30. The van der Waals surface area contributed by atoms with Crippen molar-refractivity contribution in [3.8, 4) is 0 Å². The molecule has 0 bridgehead atoms. The summed E-state index contributed by atoms with van der Waals surface area (Å²) >= 11 is 0. The molecule has 6 heteroatoms. The fourth-order valence-corrected chi connectivity index (χ4v) is 5.62. The van der Waals surface area contributed by atoms with Gasteiger partial charge in [-0.05, 0) is 37.6 Å². The molecule has 3 heterocycles. The van der Waals surface area contributed by atoms with E-state index in [0.717, 1.165) is 13.1 Å². The lowest BCUT2D eigenvalue weighted by Crippen LogP contribution is -2.32. The zero-order chi connectivity index (χ0) is 16.7. The van der Waals surface area contributed by atoms with E-state index in [9.17, 15) is 8.42 Å². The van der Waals surface area contributed by atoms with Crippen LogP contribution in [0.1, 0.15) is 58.1 Å². The molecule has 23 heavy (non-hydrogen) atoms. The number of hydrogen-bond donors (Lipinski definition) is 0. The summed E-state index contributed by atoms with van der Waals surface area (Å²) in [5.41, 5.74) is 1.56. The van der Waals surface area contributed by atoms with E-state index in [0.29, 0.717) is 23.6 Å². The van der Waals surface area contributed by atoms with Crippen LogP contribution in [-0.2, 0) is 16.4 Å². The molecule has 2 saturated heterocycles. The molecular weight excluding hydrogens is 310 g/mol. The summed E-state index contributed by atoms with van der Waals surface area (Å²) in [5, 5.41) is 4.43. The minimum absolute atomic E-state index is 0.0256. The Hall–Kier alpha value is -0.880. The SMILES string of the molecule is CC(C)(C)C[C@@H]1CCCN1Cc1cnn([C@H]2CCS(=O)(=O)C2)c1. The van der Waals surface area contributed by atoms with E-state index < -0.39 is 9.84 Å². The summed E-state index contributed by atoms with van der Waals surface area (Å²) in [6.07, 6.45) is 8.44. The maximum Gasteiger partial charge on any atom is 0.152 e. The molecule has 0 spiro atoms. The summed E-state index contributed by atoms with van der Waals surface area (Å²) in [6, 6.07) is 0.683. The monoisotopic (exact) mass is 339 g/mol. The Morgan fingerprint density at radius 2 is 2.09 bits per heavy atom. The van der Waals surface area contributed by atoms with E-state index >= 15 is 0 Å². The average Bonchev–Trinajstić information content (AvgIpc) is 3.10. The van der Waals surface area contributed by atoms with Crippen LogP contribution in [0.2, 0.25) is 0 Å². The summed E-state index contributed by atoms with van der Waals surface area (Å²) in [5.74, 6) is 0.539. The van der Waals surface area contributed by atoms with E-state index in [1.807, 2.05) is 10.9 Å². The van der Waals surface area contributed by atoms with Crippen LogP contribution < -0.4 is 0 Å². The second kappa shape index (κ2) is 6.20. The van der Waals surface area contributed by atoms with Gasteiger partial charge in [-0.25, -0.2) is 8.42 Å². The molecule has 1 aromatic rings. The predicted molar refractivity (Wildman–Crippen MR) is 92.0 cm³/mol. The number of nitrogens with zero attached hydrogens (tertiary/aromatic N) is 3. The van der Waals surface area contributed by atoms with Crippen molar-refractivity contribution >= 4 is 9.84 Å². The smallest absolute Gasteiger partial charge is 0.152 e. The first-order valence-corrected chi connectivity index (χ1v) is 10.5. The molecule has 1 aromatic heterocycles. The van der Waals surface area contributed by atoms with Crippen LogP contribution in [0.25, 0.3) is 0 Å². The Morgan fingerprint density at radius 1 is 1.30 bits per heavy atom. The maximum absolute atomic E-state index is 11.6. The van der Waals surface area contributed by atoms with Crippen molar-refractivity contribution in [3.63, 3.8) is 0 Å². The van der Waals surface area contributed by atoms with E-state index in [2.05, 4.69) is 37.0 Å². The standard InChI is InChI=1S/C17H29N3O2S/c1-17(2,3)9-15-5-4-7-19(15)11-14-10-18-20(12-14)16-6-8-23(21,22)13-16/h10,12,15-16H,4-9,11,13H2,1-3H3/t15-,16-/m0/s1. The van der Waals surface area contributed by atoms with E-state index in [1.165, 1.54) is 24.8 Å².